The number of nitrogens with zero attached hydrogens (tertiary/aromatic N) is 4. The Morgan fingerprint density at radius 1 is 0.915 bits per heavy atom. The molecule has 3 heterocycles. The standard InChI is InChI=1S/C29H31N5O11S2/c1-19(35)44-23-24(41-14-20-10-6-4-7-11-20)29(15-42-46(2,37)38,16-43-47(3,39)40)45-28(23)34-18-32-22-25(30-17-31-26(22)34)33-27(36)21-12-8-5-9-13-21/h4-13,17-18,23-24,28H,14-16H2,1-3H3,(H,30,31,33,36)/t23-,24-,28-/m1/s1. The molecule has 1 saturated heterocycles. The van der Waals surface area contributed by atoms with Gasteiger partial charge in [-0.2, -0.15) is 16.8 Å². The van der Waals surface area contributed by atoms with E-state index < -0.39 is 69.4 Å². The van der Waals surface area contributed by atoms with Crippen LogP contribution in [0.3, 0.4) is 0 Å². The summed E-state index contributed by atoms with van der Waals surface area (Å²) in [6.45, 7) is -0.498. The molecule has 5 rings (SSSR count). The molecule has 0 bridgehead atoms. The quantitative estimate of drug-likeness (QED) is 0.157. The lowest BCUT2D eigenvalue weighted by molar-refractivity contribution is -0.159. The van der Waals surface area contributed by atoms with E-state index >= 15 is 0 Å². The number of esters is 1. The Morgan fingerprint density at radius 2 is 1.53 bits per heavy atom. The Balaban J connectivity index is 1.59. The molecule has 0 spiro atoms. The Kier molecular flexibility index (Phi) is 9.99. The number of carbonyl (C=O) groups is 2. The lowest BCUT2D eigenvalue weighted by Crippen LogP contribution is -2.53. The van der Waals surface area contributed by atoms with Crippen molar-refractivity contribution in [3.63, 3.8) is 0 Å². The zero-order valence-electron chi connectivity index (χ0n) is 25.4. The highest BCUT2D eigenvalue weighted by atomic mass is 32.2. The first kappa shape index (κ1) is 34.0. The fourth-order valence-electron chi connectivity index (χ4n) is 4.94. The van der Waals surface area contributed by atoms with Crippen molar-refractivity contribution in [2.75, 3.05) is 31.0 Å². The number of aromatic nitrogens is 4. The minimum absolute atomic E-state index is 0.0635. The summed E-state index contributed by atoms with van der Waals surface area (Å²) in [6.07, 6.45) is 0.0155. The average Bonchev–Trinajstić information content (AvgIpc) is 3.58. The molecule has 4 aromatic rings. The maximum atomic E-state index is 12.9. The molecule has 2 aromatic heterocycles. The summed E-state index contributed by atoms with van der Waals surface area (Å²) in [5.74, 6) is -1.15. The number of anilines is 1. The van der Waals surface area contributed by atoms with Gasteiger partial charge < -0.3 is 19.5 Å². The molecule has 18 heteroatoms. The second kappa shape index (κ2) is 13.8. The smallest absolute Gasteiger partial charge is 0.303 e. The number of hydrogen-bond donors (Lipinski definition) is 1. The SMILES string of the molecule is CC(=O)O[C@H]1[C@H](n2cnc3c(NC(=O)c4ccccc4)ncnc32)OC(COS(C)(=O)=O)(COS(C)(=O)=O)[C@@H]1OCc1ccccc1. The van der Waals surface area contributed by atoms with Crippen molar-refractivity contribution in [3.8, 4) is 0 Å². The van der Waals surface area contributed by atoms with Gasteiger partial charge in [0, 0.05) is 12.5 Å². The van der Waals surface area contributed by atoms with Gasteiger partial charge in [-0.25, -0.2) is 15.0 Å². The van der Waals surface area contributed by atoms with E-state index in [4.69, 9.17) is 22.6 Å². The molecule has 16 nitrogen and oxygen atoms in total. The number of nitrogens with one attached hydrogen (secondary N) is 1. The van der Waals surface area contributed by atoms with E-state index in [0.717, 1.165) is 19.4 Å². The summed E-state index contributed by atoms with van der Waals surface area (Å²) in [6, 6.07) is 17.3. The third kappa shape index (κ3) is 8.34. The van der Waals surface area contributed by atoms with Gasteiger partial charge in [0.25, 0.3) is 26.1 Å². The maximum Gasteiger partial charge on any atom is 0.303 e. The van der Waals surface area contributed by atoms with Crippen LogP contribution in [0.2, 0.25) is 0 Å². The molecule has 0 saturated carbocycles. The lowest BCUT2D eigenvalue weighted by atomic mass is 9.96. The highest BCUT2D eigenvalue weighted by molar-refractivity contribution is 7.86. The van der Waals surface area contributed by atoms with Crippen molar-refractivity contribution in [3.05, 3.63) is 84.4 Å². The summed E-state index contributed by atoms with van der Waals surface area (Å²) in [7, 11) is -8.22. The van der Waals surface area contributed by atoms with E-state index in [1.165, 1.54) is 17.2 Å². The lowest BCUT2D eigenvalue weighted by Gasteiger charge is -2.33. The van der Waals surface area contributed by atoms with E-state index in [0.29, 0.717) is 11.1 Å². The summed E-state index contributed by atoms with van der Waals surface area (Å²) >= 11 is 0. The van der Waals surface area contributed by atoms with Crippen LogP contribution in [0.15, 0.2) is 73.3 Å². The number of amides is 1. The number of benzene rings is 2. The van der Waals surface area contributed by atoms with Gasteiger partial charge in [0.15, 0.2) is 34.9 Å². The van der Waals surface area contributed by atoms with E-state index in [-0.39, 0.29) is 23.6 Å². The molecule has 250 valence electrons. The van der Waals surface area contributed by atoms with Crippen LogP contribution < -0.4 is 5.32 Å². The van der Waals surface area contributed by atoms with Gasteiger partial charge in [0.05, 0.1) is 25.4 Å². The third-order valence-corrected chi connectivity index (χ3v) is 8.06. The first-order valence-corrected chi connectivity index (χ1v) is 17.6. The van der Waals surface area contributed by atoms with Crippen LogP contribution in [0.1, 0.15) is 29.1 Å². The summed E-state index contributed by atoms with van der Waals surface area (Å²) in [4.78, 5) is 38.2. The predicted molar refractivity (Wildman–Crippen MR) is 165 cm³/mol. The average molecular weight is 690 g/mol. The first-order chi connectivity index (χ1) is 22.2. The van der Waals surface area contributed by atoms with Crippen molar-refractivity contribution < 1.29 is 49.0 Å². The Bertz CT molecular complexity index is 1920. The van der Waals surface area contributed by atoms with Crippen LogP contribution in [0.25, 0.3) is 11.2 Å². The molecule has 0 radical (unpaired) electrons. The van der Waals surface area contributed by atoms with E-state index in [1.54, 1.807) is 60.7 Å². The van der Waals surface area contributed by atoms with Crippen molar-refractivity contribution >= 4 is 49.1 Å². The van der Waals surface area contributed by atoms with Crippen molar-refractivity contribution in [1.82, 2.24) is 19.5 Å². The molecule has 1 N–H and O–H groups in total. The van der Waals surface area contributed by atoms with Gasteiger partial charge in [-0.3, -0.25) is 22.5 Å². The molecule has 1 aliphatic heterocycles. The number of hydrogen-bond acceptors (Lipinski definition) is 14. The number of ether oxygens (including phenoxy) is 3. The van der Waals surface area contributed by atoms with Gasteiger partial charge in [-0.1, -0.05) is 48.5 Å². The molecule has 3 atom stereocenters. The normalized spacial score (nSPS) is 19.4. The molecule has 2 aromatic carbocycles. The Hall–Kier alpha value is -4.33. The van der Waals surface area contributed by atoms with Gasteiger partial charge in [0.1, 0.15) is 25.6 Å². The van der Waals surface area contributed by atoms with Gasteiger partial charge in [-0.15, -0.1) is 0 Å². The minimum atomic E-state index is -4.11. The van der Waals surface area contributed by atoms with Crippen LogP contribution in [-0.2, 0) is 54.2 Å². The largest absolute Gasteiger partial charge is 0.455 e. The number of carbonyl (C=O) groups excluding carboxylic acids is 2. The molecule has 1 amide bonds. The van der Waals surface area contributed by atoms with Gasteiger partial charge in [-0.05, 0) is 17.7 Å². The number of rotatable bonds is 13. The van der Waals surface area contributed by atoms with E-state index in [2.05, 4.69) is 20.3 Å². The van der Waals surface area contributed by atoms with E-state index in [1.807, 2.05) is 0 Å². The van der Waals surface area contributed by atoms with Crippen molar-refractivity contribution in [1.29, 1.82) is 0 Å². The zero-order valence-corrected chi connectivity index (χ0v) is 27.0. The molecule has 1 aliphatic rings. The molecule has 1 fully saturated rings. The second-order valence-corrected chi connectivity index (χ2v) is 14.0. The van der Waals surface area contributed by atoms with E-state index in [9.17, 15) is 26.4 Å². The first-order valence-electron chi connectivity index (χ1n) is 14.0. The fraction of sp³-hybridized carbons (Fsp3) is 0.345. The van der Waals surface area contributed by atoms with Crippen LogP contribution >= 0.6 is 0 Å². The number of fused-ring (bicyclic) bond motifs is 1. The second-order valence-electron chi connectivity index (χ2n) is 10.7. The molecule has 0 unspecified atom stereocenters. The van der Waals surface area contributed by atoms with Crippen molar-refractivity contribution in [2.45, 2.75) is 37.6 Å². The molecule has 47 heavy (non-hydrogen) atoms. The summed E-state index contributed by atoms with van der Waals surface area (Å²) < 4.78 is 78.6. The fourth-order valence-corrected chi connectivity index (χ4v) is 5.77. The maximum absolute atomic E-state index is 12.9. The summed E-state index contributed by atoms with van der Waals surface area (Å²) in [5.41, 5.74) is -0.663. The predicted octanol–water partition coefficient (Wildman–Crippen LogP) is 1.82. The zero-order chi connectivity index (χ0) is 33.8. The third-order valence-electron chi connectivity index (χ3n) is 6.96. The molecular weight excluding hydrogens is 658 g/mol. The topological polar surface area (TPSA) is 204 Å². The highest BCUT2D eigenvalue weighted by Crippen LogP contribution is 2.43. The van der Waals surface area contributed by atoms with Crippen LogP contribution in [-0.4, -0.2) is 91.8 Å². The highest BCUT2D eigenvalue weighted by Gasteiger charge is 2.60. The summed E-state index contributed by atoms with van der Waals surface area (Å²) in [5, 5.41) is 2.70. The Morgan fingerprint density at radius 3 is 2.13 bits per heavy atom. The van der Waals surface area contributed by atoms with Gasteiger partial charge in [0.2, 0.25) is 0 Å². The van der Waals surface area contributed by atoms with Gasteiger partial charge >= 0.3 is 5.97 Å². The molecule has 0 aliphatic carbocycles. The number of imidazole rings is 1. The minimum Gasteiger partial charge on any atom is -0.455 e. The van der Waals surface area contributed by atoms with Crippen LogP contribution in [0.4, 0.5) is 5.82 Å². The Labute approximate surface area is 270 Å². The monoisotopic (exact) mass is 689 g/mol. The molecular formula is C29H31N5O11S2. The van der Waals surface area contributed by atoms with Crippen molar-refractivity contribution in [2.24, 2.45) is 0 Å². The van der Waals surface area contributed by atoms with Crippen LogP contribution in [0.5, 0.6) is 0 Å². The van der Waals surface area contributed by atoms with Crippen LogP contribution in [0, 0.1) is 0 Å².